The molecule has 0 atom stereocenters. The van der Waals surface area contributed by atoms with Gasteiger partial charge in [-0.25, -0.2) is 9.59 Å². The second-order valence-electron chi connectivity index (χ2n) is 14.1. The first-order chi connectivity index (χ1) is 29.4. The van der Waals surface area contributed by atoms with Crippen molar-refractivity contribution >= 4 is 35.8 Å². The van der Waals surface area contributed by atoms with Gasteiger partial charge in [0, 0.05) is 79.9 Å². The van der Waals surface area contributed by atoms with Crippen LogP contribution in [-0.4, -0.2) is 56.2 Å². The zero-order chi connectivity index (χ0) is 44.2. The third-order valence-corrected chi connectivity index (χ3v) is 10.7. The van der Waals surface area contributed by atoms with E-state index in [4.69, 9.17) is 18.9 Å². The Morgan fingerprint density at radius 2 is 0.621 bits per heavy atom. The van der Waals surface area contributed by atoms with Gasteiger partial charge in [0.15, 0.2) is 11.2 Å². The van der Waals surface area contributed by atoms with Gasteiger partial charge in [-0.3, -0.25) is 0 Å². The Morgan fingerprint density at radius 1 is 0.379 bits per heavy atom. The number of hydrogen-bond acceptors (Lipinski definition) is 18. The van der Waals surface area contributed by atoms with Gasteiger partial charge in [0.25, 0.3) is 0 Å². The standard InChI is InChI=1S/2C22H12O9.4Na/c2*23-9-1-3-14-17(5-9)30-18-6-10(24)2-4-15(18)22(14)16-8-12(20(27)28)11(19(25)26)7-13(16)21(29)31-22;;;;/h2*1-8,23-24H,(H,25,26)(H,27,28);;;;/q;;4*+1/p-4. The van der Waals surface area contributed by atoms with Crippen LogP contribution in [0.1, 0.15) is 95.5 Å². The summed E-state index contributed by atoms with van der Waals surface area (Å²) in [5.74, 6) is -9.16. The largest absolute Gasteiger partial charge is 1.00 e. The van der Waals surface area contributed by atoms with Crippen molar-refractivity contribution in [1.82, 2.24) is 0 Å². The maximum atomic E-state index is 12.8. The summed E-state index contributed by atoms with van der Waals surface area (Å²) in [5, 5.41) is 85.7. The van der Waals surface area contributed by atoms with Crippen LogP contribution in [0.2, 0.25) is 0 Å². The van der Waals surface area contributed by atoms with E-state index in [9.17, 15) is 69.6 Å². The molecular weight excluding hydrogens is 908 g/mol. The molecule has 0 radical (unpaired) electrons. The predicted octanol–water partition coefficient (Wildman–Crippen LogP) is -11.2. The van der Waals surface area contributed by atoms with E-state index < -0.39 is 69.3 Å². The maximum Gasteiger partial charge on any atom is 1.00 e. The number of aromatic carboxylic acids is 4. The van der Waals surface area contributed by atoms with Crippen LogP contribution in [-0.2, 0) is 20.7 Å². The van der Waals surface area contributed by atoms with Crippen molar-refractivity contribution in [3.8, 4) is 46.0 Å². The Labute approximate surface area is 458 Å². The van der Waals surface area contributed by atoms with Crippen LogP contribution in [0.4, 0.5) is 0 Å². The summed E-state index contributed by atoms with van der Waals surface area (Å²) in [6.07, 6.45) is 0. The number of carbonyl (C=O) groups excluding carboxylic acids is 6. The van der Waals surface area contributed by atoms with Crippen molar-refractivity contribution in [1.29, 1.82) is 0 Å². The van der Waals surface area contributed by atoms with Crippen LogP contribution in [0.3, 0.4) is 0 Å². The van der Waals surface area contributed by atoms with E-state index in [1.165, 1.54) is 72.8 Å². The van der Waals surface area contributed by atoms with Crippen molar-refractivity contribution in [2.75, 3.05) is 0 Å². The fourth-order valence-corrected chi connectivity index (χ4v) is 8.17. The molecule has 22 heteroatoms. The van der Waals surface area contributed by atoms with Crippen LogP contribution in [0.25, 0.3) is 0 Å². The van der Waals surface area contributed by atoms with Gasteiger partial charge in [0.05, 0.1) is 35.0 Å². The summed E-state index contributed by atoms with van der Waals surface area (Å²) >= 11 is 0. The quantitative estimate of drug-likeness (QED) is 0.0942. The van der Waals surface area contributed by atoms with Crippen molar-refractivity contribution < 1.29 is 207 Å². The number of carboxylic acids is 4. The van der Waals surface area contributed by atoms with Crippen molar-refractivity contribution in [2.45, 2.75) is 11.2 Å². The van der Waals surface area contributed by atoms with Gasteiger partial charge in [-0.05, 0) is 72.8 Å². The normalized spacial score (nSPS) is 13.9. The fraction of sp³-hybridized carbons (Fsp3) is 0.0455. The summed E-state index contributed by atoms with van der Waals surface area (Å²) in [5.41, 5.74) is -5.47. The molecule has 0 bridgehead atoms. The van der Waals surface area contributed by atoms with Crippen molar-refractivity contribution in [2.24, 2.45) is 0 Å². The van der Waals surface area contributed by atoms with E-state index in [-0.39, 0.29) is 209 Å². The second-order valence-corrected chi connectivity index (χ2v) is 14.1. The summed E-state index contributed by atoms with van der Waals surface area (Å²) in [6.45, 7) is 0. The van der Waals surface area contributed by atoms with Crippen LogP contribution in [0, 0.1) is 0 Å². The van der Waals surface area contributed by atoms with Gasteiger partial charge in [0.1, 0.15) is 46.0 Å². The first kappa shape index (κ1) is 51.9. The molecule has 0 saturated heterocycles. The van der Waals surface area contributed by atoms with Crippen molar-refractivity contribution in [3.63, 3.8) is 0 Å². The van der Waals surface area contributed by atoms with Gasteiger partial charge in [0.2, 0.25) is 0 Å². The molecule has 0 aliphatic carbocycles. The molecule has 4 aliphatic heterocycles. The number of phenolic OH excluding ortho intramolecular Hbond substituents is 4. The Bertz CT molecular complexity index is 2800. The molecule has 0 amide bonds. The van der Waals surface area contributed by atoms with Gasteiger partial charge in [-0.2, -0.15) is 0 Å². The van der Waals surface area contributed by atoms with Gasteiger partial charge >= 0.3 is 130 Å². The van der Waals surface area contributed by atoms with E-state index in [1.807, 2.05) is 0 Å². The number of hydrogen-bond donors (Lipinski definition) is 4. The number of carbonyl (C=O) groups is 6. The number of phenols is 4. The van der Waals surface area contributed by atoms with Crippen LogP contribution >= 0.6 is 0 Å². The number of rotatable bonds is 4. The van der Waals surface area contributed by atoms with E-state index in [0.29, 0.717) is 0 Å². The molecule has 10 rings (SSSR count). The van der Waals surface area contributed by atoms with Gasteiger partial charge in [-0.15, -0.1) is 0 Å². The SMILES string of the molecule is O=C([O-])c1cc2c(cc1C(=O)[O-])C1(OC2=O)c2ccc(O)cc2Oc2cc(O)ccc21.O=C([O-])c1cc2c(cc1C(=O)[O-])C1(OC2=O)c2ccc(O)cc2Oc2cc(O)ccc21.[Na+].[Na+].[Na+].[Na+]. The van der Waals surface area contributed by atoms with Crippen LogP contribution in [0.15, 0.2) is 97.1 Å². The topological polar surface area (TPSA) is 313 Å². The molecule has 0 unspecified atom stereocenters. The molecule has 4 heterocycles. The third kappa shape index (κ3) is 8.03. The molecule has 66 heavy (non-hydrogen) atoms. The monoisotopic (exact) mass is 928 g/mol. The minimum Gasteiger partial charge on any atom is -0.545 e. The summed E-state index contributed by atoms with van der Waals surface area (Å²) < 4.78 is 23.1. The third-order valence-electron chi connectivity index (χ3n) is 10.7. The summed E-state index contributed by atoms with van der Waals surface area (Å²) in [4.78, 5) is 71.8. The second kappa shape index (κ2) is 18.9. The van der Waals surface area contributed by atoms with E-state index in [2.05, 4.69) is 0 Å². The first-order valence-electron chi connectivity index (χ1n) is 17.8. The Hall–Kier alpha value is -5.06. The minimum absolute atomic E-state index is 0. The van der Waals surface area contributed by atoms with Crippen LogP contribution < -0.4 is 148 Å². The number of aromatic hydroxyl groups is 4. The molecule has 6 aromatic carbocycles. The Balaban J connectivity index is 0.000000233. The van der Waals surface area contributed by atoms with Crippen molar-refractivity contribution in [3.05, 3.63) is 164 Å². The molecule has 18 nitrogen and oxygen atoms in total. The Morgan fingerprint density at radius 3 is 0.864 bits per heavy atom. The average molecular weight is 929 g/mol. The summed E-state index contributed by atoms with van der Waals surface area (Å²) in [6, 6.07) is 19.9. The molecule has 2 spiro atoms. The van der Waals surface area contributed by atoms with E-state index in [1.54, 1.807) is 0 Å². The molecule has 308 valence electrons. The molecular formula is C44H20Na4O18. The van der Waals surface area contributed by atoms with E-state index >= 15 is 0 Å². The number of esters is 2. The van der Waals surface area contributed by atoms with Crippen LogP contribution in [0.5, 0.6) is 46.0 Å². The molecule has 4 aliphatic rings. The first-order valence-corrected chi connectivity index (χ1v) is 17.8. The number of ether oxygens (including phenoxy) is 4. The fourth-order valence-electron chi connectivity index (χ4n) is 8.17. The maximum absolute atomic E-state index is 12.8. The summed E-state index contributed by atoms with van der Waals surface area (Å²) in [7, 11) is 0. The van der Waals surface area contributed by atoms with E-state index in [0.717, 1.165) is 24.3 Å². The number of benzene rings is 6. The zero-order valence-corrected chi connectivity index (χ0v) is 42.7. The van der Waals surface area contributed by atoms with Gasteiger partial charge < -0.3 is 79.0 Å². The molecule has 0 saturated carbocycles. The number of carboxylic acid groups (broad SMARTS) is 4. The zero-order valence-electron chi connectivity index (χ0n) is 34.7. The average Bonchev–Trinajstić information content (AvgIpc) is 3.66. The Kier molecular flexibility index (Phi) is 14.9. The molecule has 4 N–H and O–H groups in total. The van der Waals surface area contributed by atoms with Gasteiger partial charge in [-0.1, -0.05) is 0 Å². The number of fused-ring (bicyclic) bond motifs is 12. The smallest absolute Gasteiger partial charge is 0.545 e. The predicted molar refractivity (Wildman–Crippen MR) is 193 cm³/mol. The molecule has 6 aromatic rings. The molecule has 0 aromatic heterocycles. The minimum atomic E-state index is -1.79. The molecule has 0 fully saturated rings.